The second-order valence-corrected chi connectivity index (χ2v) is 13.1. The summed E-state index contributed by atoms with van der Waals surface area (Å²) in [5, 5.41) is 30.5. The zero-order valence-electron chi connectivity index (χ0n) is 29.4. The Bertz CT molecular complexity index is 1690. The number of phenols is 1. The van der Waals surface area contributed by atoms with Gasteiger partial charge in [-0.05, 0) is 73.9 Å². The van der Waals surface area contributed by atoms with Crippen molar-refractivity contribution in [3.05, 3.63) is 65.9 Å². The number of nitrogens with one attached hydrogen (secondary N) is 5. The number of unbranched alkanes of at least 4 members (excludes halogenated alkanes) is 1. The quantitative estimate of drug-likeness (QED) is 0.0660. The fourth-order valence-corrected chi connectivity index (χ4v) is 5.62. The van der Waals surface area contributed by atoms with Crippen molar-refractivity contribution in [3.63, 3.8) is 0 Å². The molecule has 0 spiro atoms. The Morgan fingerprint density at radius 2 is 1.40 bits per heavy atom. The Hall–Kier alpha value is -5.48. The number of hydrogen-bond acceptors (Lipinski definition) is 9. The average molecular weight is 723 g/mol. The molecular weight excluding hydrogens is 672 g/mol. The van der Waals surface area contributed by atoms with E-state index in [1.54, 1.807) is 32.2 Å². The lowest BCUT2D eigenvalue weighted by Crippen LogP contribution is -2.60. The molecule has 3 rings (SSSR count). The molecule has 0 bridgehead atoms. The average Bonchev–Trinajstić information content (AvgIpc) is 3.51. The van der Waals surface area contributed by atoms with Gasteiger partial charge in [0.05, 0.1) is 6.04 Å². The van der Waals surface area contributed by atoms with Gasteiger partial charge in [0.25, 0.3) is 0 Å². The van der Waals surface area contributed by atoms with E-state index in [0.717, 1.165) is 10.9 Å². The van der Waals surface area contributed by atoms with Gasteiger partial charge in [-0.3, -0.25) is 24.0 Å². The Morgan fingerprint density at radius 3 is 2.04 bits per heavy atom. The molecule has 0 saturated carbocycles. The number of aromatic hydroxyl groups is 1. The van der Waals surface area contributed by atoms with Crippen molar-refractivity contribution in [1.82, 2.24) is 26.3 Å². The van der Waals surface area contributed by atoms with Crippen LogP contribution in [0.25, 0.3) is 10.9 Å². The van der Waals surface area contributed by atoms with Crippen LogP contribution in [0.1, 0.15) is 57.1 Å². The first kappa shape index (κ1) is 40.9. The highest BCUT2D eigenvalue weighted by Gasteiger charge is 2.33. The molecule has 0 fully saturated rings. The Balaban J connectivity index is 1.85. The van der Waals surface area contributed by atoms with Gasteiger partial charge in [0, 0.05) is 29.9 Å². The lowest BCUT2D eigenvalue weighted by atomic mass is 9.99. The van der Waals surface area contributed by atoms with Crippen LogP contribution in [0.5, 0.6) is 5.75 Å². The van der Waals surface area contributed by atoms with Crippen LogP contribution < -0.4 is 38.5 Å². The largest absolute Gasteiger partial charge is 0.508 e. The smallest absolute Gasteiger partial charge is 0.326 e. The van der Waals surface area contributed by atoms with Gasteiger partial charge in [-0.2, -0.15) is 0 Å². The van der Waals surface area contributed by atoms with Crippen molar-refractivity contribution in [2.75, 3.05) is 6.54 Å². The van der Waals surface area contributed by atoms with E-state index < -0.39 is 71.6 Å². The van der Waals surface area contributed by atoms with Gasteiger partial charge in [-0.1, -0.05) is 44.2 Å². The number of para-hydroxylation sites is 1. The maximum absolute atomic E-state index is 14.0. The van der Waals surface area contributed by atoms with Crippen LogP contribution >= 0.6 is 0 Å². The number of benzene rings is 2. The number of aromatic amines is 1. The number of carboxylic acids is 1. The normalized spacial score (nSPS) is 14.1. The van der Waals surface area contributed by atoms with E-state index in [-0.39, 0.29) is 37.9 Å². The number of aromatic nitrogens is 1. The summed E-state index contributed by atoms with van der Waals surface area (Å²) in [5.74, 6) is -5.26. The van der Waals surface area contributed by atoms with Crippen LogP contribution in [0.15, 0.2) is 54.7 Å². The molecule has 0 radical (unpaired) electrons. The third-order valence-corrected chi connectivity index (χ3v) is 8.58. The summed E-state index contributed by atoms with van der Waals surface area (Å²) in [7, 11) is 0. The summed E-state index contributed by atoms with van der Waals surface area (Å²) in [4.78, 5) is 80.7. The summed E-state index contributed by atoms with van der Waals surface area (Å²) in [5.41, 5.74) is 19.2. The molecule has 0 saturated heterocycles. The van der Waals surface area contributed by atoms with E-state index in [0.29, 0.717) is 30.5 Å². The van der Waals surface area contributed by atoms with E-state index in [9.17, 15) is 39.0 Å². The molecular formula is C36H50N8O8. The first-order valence-corrected chi connectivity index (χ1v) is 17.2. The van der Waals surface area contributed by atoms with Crippen molar-refractivity contribution in [3.8, 4) is 5.75 Å². The predicted molar refractivity (Wildman–Crippen MR) is 193 cm³/mol. The summed E-state index contributed by atoms with van der Waals surface area (Å²) in [6.45, 7) is 3.76. The van der Waals surface area contributed by atoms with Crippen LogP contribution in [0, 0.1) is 5.92 Å². The lowest BCUT2D eigenvalue weighted by molar-refractivity contribution is -0.142. The van der Waals surface area contributed by atoms with Gasteiger partial charge < -0.3 is 53.7 Å². The number of fused-ring (bicyclic) bond motifs is 1. The minimum absolute atomic E-state index is 0.00574. The number of carbonyl (C=O) groups excluding carboxylic acids is 5. The molecule has 1 heterocycles. The molecule has 52 heavy (non-hydrogen) atoms. The summed E-state index contributed by atoms with van der Waals surface area (Å²) >= 11 is 0. The zero-order chi connectivity index (χ0) is 38.4. The van der Waals surface area contributed by atoms with E-state index in [2.05, 4.69) is 26.3 Å². The highest BCUT2D eigenvalue weighted by Crippen LogP contribution is 2.20. The van der Waals surface area contributed by atoms with Crippen molar-refractivity contribution < 1.29 is 39.0 Å². The summed E-state index contributed by atoms with van der Waals surface area (Å²) in [6.07, 6.45) is 2.35. The molecule has 5 amide bonds. The van der Waals surface area contributed by atoms with Gasteiger partial charge >= 0.3 is 5.97 Å². The molecule has 16 heteroatoms. The summed E-state index contributed by atoms with van der Waals surface area (Å²) in [6, 6.07) is 7.59. The molecule has 0 aliphatic rings. The van der Waals surface area contributed by atoms with Gasteiger partial charge in [-0.25, -0.2) is 4.79 Å². The van der Waals surface area contributed by atoms with Crippen LogP contribution in [0.2, 0.25) is 0 Å². The fraction of sp³-hybridized carbons (Fsp3) is 0.444. The number of nitrogens with two attached hydrogens (primary N) is 3. The number of hydrogen-bond donors (Lipinski definition) is 10. The molecule has 2 aromatic carbocycles. The third kappa shape index (κ3) is 12.4. The number of phenolic OH excluding ortho intramolecular Hbond substituents is 1. The van der Waals surface area contributed by atoms with Crippen molar-refractivity contribution >= 4 is 46.4 Å². The number of amides is 5. The number of aliphatic carboxylic acids is 1. The first-order chi connectivity index (χ1) is 24.7. The van der Waals surface area contributed by atoms with Gasteiger partial charge in [0.1, 0.15) is 29.9 Å². The van der Waals surface area contributed by atoms with Crippen LogP contribution in [-0.4, -0.2) is 87.5 Å². The highest BCUT2D eigenvalue weighted by atomic mass is 16.4. The molecule has 16 nitrogen and oxygen atoms in total. The molecule has 13 N–H and O–H groups in total. The van der Waals surface area contributed by atoms with Gasteiger partial charge in [0.2, 0.25) is 29.5 Å². The van der Waals surface area contributed by atoms with E-state index in [1.807, 2.05) is 24.3 Å². The number of carboxylic acid groups (broad SMARTS) is 1. The zero-order valence-corrected chi connectivity index (χ0v) is 29.4. The minimum atomic E-state index is -1.44. The van der Waals surface area contributed by atoms with E-state index in [4.69, 9.17) is 17.2 Å². The number of primary amides is 1. The van der Waals surface area contributed by atoms with Crippen LogP contribution in [0.4, 0.5) is 0 Å². The lowest BCUT2D eigenvalue weighted by Gasteiger charge is -2.28. The minimum Gasteiger partial charge on any atom is -0.508 e. The van der Waals surface area contributed by atoms with Gasteiger partial charge in [-0.15, -0.1) is 0 Å². The first-order valence-electron chi connectivity index (χ1n) is 17.2. The van der Waals surface area contributed by atoms with Gasteiger partial charge in [0.15, 0.2) is 0 Å². The monoisotopic (exact) mass is 722 g/mol. The number of carbonyl (C=O) groups is 6. The Kier molecular flexibility index (Phi) is 15.6. The topological polar surface area (TPSA) is 285 Å². The van der Waals surface area contributed by atoms with Crippen molar-refractivity contribution in [2.24, 2.45) is 23.1 Å². The molecule has 1 aromatic heterocycles. The molecule has 3 aromatic rings. The molecule has 0 aliphatic heterocycles. The Labute approximate surface area is 301 Å². The predicted octanol–water partition coefficient (Wildman–Crippen LogP) is 0.0603. The van der Waals surface area contributed by atoms with Crippen LogP contribution in [0.3, 0.4) is 0 Å². The maximum atomic E-state index is 14.0. The van der Waals surface area contributed by atoms with E-state index in [1.165, 1.54) is 12.1 Å². The molecule has 5 atom stereocenters. The SMILES string of the molecule is CC(C)C(NC(=O)C(N)Cc1ccc(O)cc1)C(=O)NC(Cc1c[nH]c2ccccc12)C(=O)NC(CCCCN)C(=O)NC(CCC(N)=O)C(=O)O. The van der Waals surface area contributed by atoms with Crippen LogP contribution in [-0.2, 0) is 41.6 Å². The van der Waals surface area contributed by atoms with Crippen molar-refractivity contribution in [2.45, 2.75) is 89.0 Å². The van der Waals surface area contributed by atoms with E-state index >= 15 is 0 Å². The van der Waals surface area contributed by atoms with Crippen molar-refractivity contribution in [1.29, 1.82) is 0 Å². The second kappa shape index (κ2) is 19.8. The maximum Gasteiger partial charge on any atom is 0.326 e. The standard InChI is InChI=1S/C36H50N8O8/c1-20(2)31(44-32(47)25(38)17-21-10-12-23(45)13-11-21)35(50)43-29(18-22-19-40-26-8-4-3-7-24(22)26)34(49)41-27(9-5-6-16-37)33(48)42-28(36(51)52)14-15-30(39)46/h3-4,7-8,10-13,19-20,25,27-29,31,40,45H,5-6,9,14-18,37-38H2,1-2H3,(H2,39,46)(H,41,49)(H,42,48)(H,43,50)(H,44,47)(H,51,52). The third-order valence-electron chi connectivity index (χ3n) is 8.58. The Morgan fingerprint density at radius 1 is 0.769 bits per heavy atom. The summed E-state index contributed by atoms with van der Waals surface area (Å²) < 4.78 is 0. The molecule has 282 valence electrons. The second-order valence-electron chi connectivity index (χ2n) is 13.1. The fourth-order valence-electron chi connectivity index (χ4n) is 5.62. The molecule has 5 unspecified atom stereocenters. The number of H-pyrrole nitrogens is 1. The highest BCUT2D eigenvalue weighted by molar-refractivity contribution is 5.96. The number of rotatable bonds is 21. The molecule has 0 aliphatic carbocycles.